The van der Waals surface area contributed by atoms with Crippen molar-refractivity contribution in [2.45, 2.75) is 11.8 Å². The lowest BCUT2D eigenvalue weighted by molar-refractivity contribution is -0.384. The Morgan fingerprint density at radius 3 is 2.54 bits per heavy atom. The van der Waals surface area contributed by atoms with Gasteiger partial charge in [-0.2, -0.15) is 9.41 Å². The molecule has 148 valence electrons. The highest BCUT2D eigenvalue weighted by Gasteiger charge is 2.22. The van der Waals surface area contributed by atoms with E-state index in [2.05, 4.69) is 10.5 Å². The first-order valence-corrected chi connectivity index (χ1v) is 9.72. The number of benzene rings is 2. The third-order valence-corrected chi connectivity index (χ3v) is 5.84. The second kappa shape index (κ2) is 8.91. The maximum Gasteiger partial charge on any atom is 0.270 e. The summed E-state index contributed by atoms with van der Waals surface area (Å²) in [6.45, 7) is 1.37. The third kappa shape index (κ3) is 5.35. The minimum Gasteiger partial charge on any atom is -0.272 e. The molecule has 0 aliphatic rings. The van der Waals surface area contributed by atoms with Crippen molar-refractivity contribution in [2.75, 3.05) is 13.6 Å². The lowest BCUT2D eigenvalue weighted by Gasteiger charge is -2.16. The minimum atomic E-state index is -3.83. The molecule has 0 radical (unpaired) electrons. The van der Waals surface area contributed by atoms with E-state index in [1.165, 1.54) is 37.4 Å². The maximum atomic E-state index is 12.4. The van der Waals surface area contributed by atoms with Gasteiger partial charge in [0.15, 0.2) is 0 Å². The summed E-state index contributed by atoms with van der Waals surface area (Å²) in [5, 5.41) is 14.7. The Bertz CT molecular complexity index is 1020. The van der Waals surface area contributed by atoms with Gasteiger partial charge in [0.2, 0.25) is 10.0 Å². The number of aryl methyl sites for hydroxylation is 1. The zero-order valence-electron chi connectivity index (χ0n) is 15.0. The molecule has 28 heavy (non-hydrogen) atoms. The molecule has 2 aromatic rings. The van der Waals surface area contributed by atoms with E-state index in [1.54, 1.807) is 12.1 Å². The summed E-state index contributed by atoms with van der Waals surface area (Å²) in [7, 11) is -2.55. The first kappa shape index (κ1) is 21.5. The standard InChI is InChI=1S/C17H17ClN4O5S/c1-12-3-6-15(7-4-12)28(26,27)21(2)11-17(23)20-19-10-13-9-14(22(24)25)5-8-16(13)18/h3-10H,11H2,1-2H3,(H,20,23)/b19-10-. The van der Waals surface area contributed by atoms with Crippen LogP contribution >= 0.6 is 11.6 Å². The van der Waals surface area contributed by atoms with E-state index >= 15 is 0 Å². The van der Waals surface area contributed by atoms with Gasteiger partial charge in [0, 0.05) is 29.8 Å². The van der Waals surface area contributed by atoms with Gasteiger partial charge in [-0.05, 0) is 25.1 Å². The first-order chi connectivity index (χ1) is 13.1. The number of non-ortho nitro benzene ring substituents is 1. The Morgan fingerprint density at radius 2 is 1.93 bits per heavy atom. The Kier molecular flexibility index (Phi) is 6.84. The van der Waals surface area contributed by atoms with Gasteiger partial charge in [0.1, 0.15) is 0 Å². The molecule has 0 atom stereocenters. The number of carbonyl (C=O) groups is 1. The summed E-state index contributed by atoms with van der Waals surface area (Å²) in [5.74, 6) is -0.684. The second-order valence-electron chi connectivity index (χ2n) is 5.83. The molecule has 0 saturated heterocycles. The van der Waals surface area contributed by atoms with Gasteiger partial charge < -0.3 is 0 Å². The highest BCUT2D eigenvalue weighted by Crippen LogP contribution is 2.20. The van der Waals surface area contributed by atoms with E-state index in [0.717, 1.165) is 16.1 Å². The fourth-order valence-electron chi connectivity index (χ4n) is 2.13. The number of likely N-dealkylation sites (N-methyl/N-ethyl adjacent to an activating group) is 1. The monoisotopic (exact) mass is 424 g/mol. The quantitative estimate of drug-likeness (QED) is 0.415. The van der Waals surface area contributed by atoms with Crippen LogP contribution in [0.5, 0.6) is 0 Å². The minimum absolute atomic E-state index is 0.0697. The normalized spacial score (nSPS) is 11.7. The largest absolute Gasteiger partial charge is 0.272 e. The maximum absolute atomic E-state index is 12.4. The first-order valence-electron chi connectivity index (χ1n) is 7.90. The van der Waals surface area contributed by atoms with Gasteiger partial charge in [-0.25, -0.2) is 13.8 Å². The van der Waals surface area contributed by atoms with Crippen molar-refractivity contribution in [3.05, 3.63) is 68.7 Å². The lowest BCUT2D eigenvalue weighted by atomic mass is 10.2. The van der Waals surface area contributed by atoms with Gasteiger partial charge in [-0.1, -0.05) is 29.3 Å². The molecule has 0 aliphatic carbocycles. The van der Waals surface area contributed by atoms with Crippen LogP contribution in [-0.4, -0.2) is 43.4 Å². The molecule has 0 fully saturated rings. The average molecular weight is 425 g/mol. The van der Waals surface area contributed by atoms with E-state index in [1.807, 2.05) is 6.92 Å². The van der Waals surface area contributed by atoms with E-state index < -0.39 is 27.4 Å². The molecule has 0 aromatic heterocycles. The average Bonchev–Trinajstić information content (AvgIpc) is 2.63. The predicted molar refractivity (Wildman–Crippen MR) is 105 cm³/mol. The molecule has 1 amide bonds. The van der Waals surface area contributed by atoms with Crippen molar-refractivity contribution in [1.82, 2.24) is 9.73 Å². The van der Waals surface area contributed by atoms with Crippen LogP contribution < -0.4 is 5.43 Å². The van der Waals surface area contributed by atoms with Gasteiger partial charge >= 0.3 is 0 Å². The molecule has 0 aliphatic heterocycles. The van der Waals surface area contributed by atoms with Crippen LogP contribution in [0.15, 0.2) is 52.5 Å². The van der Waals surface area contributed by atoms with Gasteiger partial charge in [0.05, 0.1) is 22.6 Å². The summed E-state index contributed by atoms with van der Waals surface area (Å²) < 4.78 is 25.8. The zero-order valence-corrected chi connectivity index (χ0v) is 16.6. The van der Waals surface area contributed by atoms with Crippen molar-refractivity contribution in [2.24, 2.45) is 5.10 Å². The van der Waals surface area contributed by atoms with Crippen LogP contribution in [0, 0.1) is 17.0 Å². The molecule has 2 rings (SSSR count). The molecule has 0 bridgehead atoms. The van der Waals surface area contributed by atoms with E-state index in [-0.39, 0.29) is 21.2 Å². The molecule has 1 N–H and O–H groups in total. The number of amides is 1. The van der Waals surface area contributed by atoms with Crippen molar-refractivity contribution in [3.8, 4) is 0 Å². The third-order valence-electron chi connectivity index (χ3n) is 3.68. The molecule has 0 saturated carbocycles. The highest BCUT2D eigenvalue weighted by molar-refractivity contribution is 7.89. The van der Waals surface area contributed by atoms with Gasteiger partial charge in [0.25, 0.3) is 11.6 Å². The van der Waals surface area contributed by atoms with Gasteiger partial charge in [-0.15, -0.1) is 0 Å². The number of nitro groups is 1. The molecule has 11 heteroatoms. The molecule has 0 heterocycles. The van der Waals surface area contributed by atoms with Gasteiger partial charge in [-0.3, -0.25) is 14.9 Å². The zero-order chi connectivity index (χ0) is 20.9. The number of nitro benzene ring substituents is 1. The summed E-state index contributed by atoms with van der Waals surface area (Å²) in [4.78, 5) is 22.2. The number of hydrogen-bond acceptors (Lipinski definition) is 6. The molecular formula is C17H17ClN4O5S. The molecule has 9 nitrogen and oxygen atoms in total. The highest BCUT2D eigenvalue weighted by atomic mass is 35.5. The number of nitrogens with one attached hydrogen (secondary N) is 1. The Labute approximate surface area is 166 Å². The molecule has 0 spiro atoms. The fraction of sp³-hybridized carbons (Fsp3) is 0.176. The van der Waals surface area contributed by atoms with Crippen molar-refractivity contribution in [1.29, 1.82) is 0 Å². The Hall–Kier alpha value is -2.82. The van der Waals surface area contributed by atoms with Crippen LogP contribution in [0.4, 0.5) is 5.69 Å². The number of hydrazone groups is 1. The molecular weight excluding hydrogens is 408 g/mol. The second-order valence-corrected chi connectivity index (χ2v) is 8.28. The number of rotatable bonds is 7. The smallest absolute Gasteiger partial charge is 0.270 e. The number of nitrogens with zero attached hydrogens (tertiary/aromatic N) is 3. The van der Waals surface area contributed by atoms with Crippen LogP contribution in [-0.2, 0) is 14.8 Å². The van der Waals surface area contributed by atoms with Crippen LogP contribution in [0.1, 0.15) is 11.1 Å². The number of sulfonamides is 1. The van der Waals surface area contributed by atoms with Crippen molar-refractivity contribution in [3.63, 3.8) is 0 Å². The van der Waals surface area contributed by atoms with Crippen LogP contribution in [0.25, 0.3) is 0 Å². The topological polar surface area (TPSA) is 122 Å². The van der Waals surface area contributed by atoms with E-state index in [4.69, 9.17) is 11.6 Å². The Morgan fingerprint density at radius 1 is 1.29 bits per heavy atom. The van der Waals surface area contributed by atoms with Crippen molar-refractivity contribution < 1.29 is 18.1 Å². The van der Waals surface area contributed by atoms with Crippen LogP contribution in [0.3, 0.4) is 0 Å². The summed E-state index contributed by atoms with van der Waals surface area (Å²) in [5.41, 5.74) is 3.13. The number of hydrogen-bond donors (Lipinski definition) is 1. The summed E-state index contributed by atoms with van der Waals surface area (Å²) in [6.07, 6.45) is 1.14. The van der Waals surface area contributed by atoms with Crippen molar-refractivity contribution >= 4 is 39.4 Å². The van der Waals surface area contributed by atoms with E-state index in [9.17, 15) is 23.3 Å². The van der Waals surface area contributed by atoms with E-state index in [0.29, 0.717) is 0 Å². The number of halogens is 1. The molecule has 2 aromatic carbocycles. The number of carbonyl (C=O) groups excluding carboxylic acids is 1. The molecule has 0 unspecified atom stereocenters. The summed E-state index contributed by atoms with van der Waals surface area (Å²) >= 11 is 5.93. The van der Waals surface area contributed by atoms with Crippen LogP contribution in [0.2, 0.25) is 5.02 Å². The SMILES string of the molecule is Cc1ccc(S(=O)(=O)N(C)CC(=O)N/N=C\c2cc([N+](=O)[O-])ccc2Cl)cc1. The Balaban J connectivity index is 2.02. The predicted octanol–water partition coefficient (Wildman–Crippen LogP) is 2.33. The fourth-order valence-corrected chi connectivity index (χ4v) is 3.42. The summed E-state index contributed by atoms with van der Waals surface area (Å²) in [6, 6.07) is 10.0. The lowest BCUT2D eigenvalue weighted by Crippen LogP contribution is -2.36.